The summed E-state index contributed by atoms with van der Waals surface area (Å²) < 4.78 is 6.93. The zero-order valence-corrected chi connectivity index (χ0v) is 10.4. The van der Waals surface area contributed by atoms with E-state index in [9.17, 15) is 0 Å². The van der Waals surface area contributed by atoms with Gasteiger partial charge in [-0.05, 0) is 16.8 Å². The highest BCUT2D eigenvalue weighted by molar-refractivity contribution is 6.02. The van der Waals surface area contributed by atoms with Crippen LogP contribution >= 0.6 is 0 Å². The van der Waals surface area contributed by atoms with Crippen LogP contribution in [-0.2, 0) is 0 Å². The van der Waals surface area contributed by atoms with E-state index in [0.29, 0.717) is 0 Å². The first-order valence-electron chi connectivity index (χ1n) is 5.83. The minimum atomic E-state index is 0.788. The van der Waals surface area contributed by atoms with Crippen LogP contribution in [0.25, 0.3) is 10.8 Å². The van der Waals surface area contributed by atoms with Crippen molar-refractivity contribution >= 4 is 17.0 Å². The number of methoxy groups -OCH3 is 1. The summed E-state index contributed by atoms with van der Waals surface area (Å²) in [6.45, 7) is 0. The van der Waals surface area contributed by atoms with Crippen LogP contribution in [-0.4, -0.2) is 28.2 Å². The molecule has 5 heteroatoms. The van der Waals surface area contributed by atoms with Gasteiger partial charge in [0.1, 0.15) is 18.4 Å². The van der Waals surface area contributed by atoms with Gasteiger partial charge in [0.15, 0.2) is 0 Å². The summed E-state index contributed by atoms with van der Waals surface area (Å²) in [5.41, 5.74) is 0.939. The molecule has 0 spiro atoms. The summed E-state index contributed by atoms with van der Waals surface area (Å²) in [5.74, 6) is 0.788. The molecule has 0 amide bonds. The Kier molecular flexibility index (Phi) is 2.94. The second-order valence-corrected chi connectivity index (χ2v) is 3.99. The van der Waals surface area contributed by atoms with Gasteiger partial charge in [-0.3, -0.25) is 0 Å². The molecule has 0 aliphatic heterocycles. The number of nitrogens with zero attached hydrogens (tertiary/aromatic N) is 4. The van der Waals surface area contributed by atoms with Crippen LogP contribution in [0.3, 0.4) is 0 Å². The van der Waals surface area contributed by atoms with Crippen LogP contribution in [0.5, 0.6) is 5.75 Å². The van der Waals surface area contributed by atoms with Gasteiger partial charge < -0.3 is 4.74 Å². The maximum Gasteiger partial charge on any atom is 0.141 e. The fourth-order valence-corrected chi connectivity index (χ4v) is 1.97. The quantitative estimate of drug-likeness (QED) is 0.672. The van der Waals surface area contributed by atoms with Crippen molar-refractivity contribution in [3.05, 3.63) is 54.6 Å². The SMILES string of the molecule is COc1ccc2ccccc2c1/C=N/n1cnnc1. The average molecular weight is 252 g/mol. The fourth-order valence-electron chi connectivity index (χ4n) is 1.97. The highest BCUT2D eigenvalue weighted by Gasteiger charge is 2.05. The summed E-state index contributed by atoms with van der Waals surface area (Å²) in [5, 5.41) is 13.9. The maximum atomic E-state index is 5.39. The third-order valence-corrected chi connectivity index (χ3v) is 2.88. The maximum absolute atomic E-state index is 5.39. The molecule has 3 rings (SSSR count). The largest absolute Gasteiger partial charge is 0.496 e. The molecule has 0 atom stereocenters. The monoisotopic (exact) mass is 252 g/mol. The van der Waals surface area contributed by atoms with Crippen molar-refractivity contribution in [3.63, 3.8) is 0 Å². The summed E-state index contributed by atoms with van der Waals surface area (Å²) in [6, 6.07) is 12.1. The molecule has 3 aromatic rings. The Labute approximate surface area is 110 Å². The Balaban J connectivity index is 2.14. The predicted octanol–water partition coefficient (Wildman–Crippen LogP) is 2.32. The predicted molar refractivity (Wildman–Crippen MR) is 73.5 cm³/mol. The van der Waals surface area contributed by atoms with E-state index in [1.807, 2.05) is 30.3 Å². The lowest BCUT2D eigenvalue weighted by Gasteiger charge is -2.08. The number of ether oxygens (including phenoxy) is 1. The van der Waals surface area contributed by atoms with Gasteiger partial charge in [-0.25, -0.2) is 4.68 Å². The molecule has 1 aromatic heterocycles. The number of aromatic nitrogens is 3. The van der Waals surface area contributed by atoms with Gasteiger partial charge in [-0.15, -0.1) is 10.2 Å². The van der Waals surface area contributed by atoms with Gasteiger partial charge in [0.05, 0.1) is 13.3 Å². The molecule has 2 aromatic carbocycles. The molecule has 0 radical (unpaired) electrons. The molecular formula is C14H12N4O. The molecule has 1 heterocycles. The highest BCUT2D eigenvalue weighted by Crippen LogP contribution is 2.26. The second kappa shape index (κ2) is 4.89. The minimum absolute atomic E-state index is 0.788. The molecule has 0 fully saturated rings. The van der Waals surface area contributed by atoms with Gasteiger partial charge >= 0.3 is 0 Å². The van der Waals surface area contributed by atoms with E-state index in [4.69, 9.17) is 4.74 Å². The highest BCUT2D eigenvalue weighted by atomic mass is 16.5. The van der Waals surface area contributed by atoms with Gasteiger partial charge in [0.2, 0.25) is 0 Å². The first-order valence-corrected chi connectivity index (χ1v) is 5.83. The molecule has 5 nitrogen and oxygen atoms in total. The standard InChI is InChI=1S/C14H12N4O/c1-19-14-7-6-11-4-2-3-5-12(11)13(14)8-17-18-9-15-16-10-18/h2-10H,1H3/b17-8+. The van der Waals surface area contributed by atoms with Crippen molar-refractivity contribution < 1.29 is 4.74 Å². The number of benzene rings is 2. The minimum Gasteiger partial charge on any atom is -0.496 e. The molecule has 0 aliphatic carbocycles. The Hall–Kier alpha value is -2.69. The average Bonchev–Trinajstić information content (AvgIpc) is 2.97. The van der Waals surface area contributed by atoms with Crippen LogP contribution in [0.1, 0.15) is 5.56 Å². The molecule has 0 aliphatic rings. The molecule has 0 saturated carbocycles. The summed E-state index contributed by atoms with van der Waals surface area (Å²) in [4.78, 5) is 0. The summed E-state index contributed by atoms with van der Waals surface area (Å²) in [6.07, 6.45) is 4.83. The third kappa shape index (κ3) is 2.18. The molecule has 94 valence electrons. The van der Waals surface area contributed by atoms with Crippen molar-refractivity contribution in [1.82, 2.24) is 14.9 Å². The first-order chi connectivity index (χ1) is 9.38. The van der Waals surface area contributed by atoms with E-state index in [1.165, 1.54) is 12.7 Å². The van der Waals surface area contributed by atoms with Crippen LogP contribution in [0.4, 0.5) is 0 Å². The lowest BCUT2D eigenvalue weighted by Crippen LogP contribution is -1.94. The van der Waals surface area contributed by atoms with E-state index in [1.54, 1.807) is 18.0 Å². The molecular weight excluding hydrogens is 240 g/mol. The summed E-state index contributed by atoms with van der Waals surface area (Å²) in [7, 11) is 1.65. The van der Waals surface area contributed by atoms with Crippen molar-refractivity contribution in [2.45, 2.75) is 0 Å². The van der Waals surface area contributed by atoms with Crippen LogP contribution in [0.2, 0.25) is 0 Å². The van der Waals surface area contributed by atoms with Crippen molar-refractivity contribution in [3.8, 4) is 5.75 Å². The Morgan fingerprint density at radius 2 is 1.89 bits per heavy atom. The fraction of sp³-hybridized carbons (Fsp3) is 0.0714. The van der Waals surface area contributed by atoms with Crippen LogP contribution in [0.15, 0.2) is 54.2 Å². The lowest BCUT2D eigenvalue weighted by molar-refractivity contribution is 0.415. The lowest BCUT2D eigenvalue weighted by atomic mass is 10.0. The topological polar surface area (TPSA) is 52.3 Å². The molecule has 0 bridgehead atoms. The summed E-state index contributed by atoms with van der Waals surface area (Å²) >= 11 is 0. The molecule has 0 saturated heterocycles. The van der Waals surface area contributed by atoms with E-state index in [0.717, 1.165) is 22.1 Å². The number of hydrogen-bond acceptors (Lipinski definition) is 4. The van der Waals surface area contributed by atoms with E-state index in [2.05, 4.69) is 21.4 Å². The number of hydrogen-bond donors (Lipinski definition) is 0. The zero-order valence-electron chi connectivity index (χ0n) is 10.4. The van der Waals surface area contributed by atoms with Crippen LogP contribution in [0, 0.1) is 0 Å². The Bertz CT molecular complexity index is 719. The zero-order chi connectivity index (χ0) is 13.1. The van der Waals surface area contributed by atoms with Gasteiger partial charge in [-0.2, -0.15) is 5.10 Å². The van der Waals surface area contributed by atoms with Gasteiger partial charge in [0, 0.05) is 5.56 Å². The van der Waals surface area contributed by atoms with E-state index < -0.39 is 0 Å². The second-order valence-electron chi connectivity index (χ2n) is 3.99. The van der Waals surface area contributed by atoms with Crippen molar-refractivity contribution in [2.24, 2.45) is 5.10 Å². The molecule has 0 N–H and O–H groups in total. The number of fused-ring (bicyclic) bond motifs is 1. The van der Waals surface area contributed by atoms with Crippen LogP contribution < -0.4 is 4.74 Å². The van der Waals surface area contributed by atoms with Gasteiger partial charge in [0.25, 0.3) is 0 Å². The smallest absolute Gasteiger partial charge is 0.141 e. The first kappa shape index (κ1) is 11.4. The third-order valence-electron chi connectivity index (χ3n) is 2.88. The number of rotatable bonds is 3. The molecule has 19 heavy (non-hydrogen) atoms. The van der Waals surface area contributed by atoms with Crippen molar-refractivity contribution in [1.29, 1.82) is 0 Å². The van der Waals surface area contributed by atoms with E-state index >= 15 is 0 Å². The normalized spacial score (nSPS) is 11.2. The van der Waals surface area contributed by atoms with Gasteiger partial charge in [-0.1, -0.05) is 30.3 Å². The van der Waals surface area contributed by atoms with Crippen molar-refractivity contribution in [2.75, 3.05) is 7.11 Å². The Morgan fingerprint density at radius 1 is 1.11 bits per heavy atom. The molecule has 0 unspecified atom stereocenters. The van der Waals surface area contributed by atoms with E-state index in [-0.39, 0.29) is 0 Å². The Morgan fingerprint density at radius 3 is 2.68 bits per heavy atom.